The van der Waals surface area contributed by atoms with Crippen molar-refractivity contribution in [2.75, 3.05) is 18.9 Å². The number of carbonyl (C=O) groups excluding carboxylic acids is 1. The molecule has 2 rings (SSSR count). The van der Waals surface area contributed by atoms with Gasteiger partial charge < -0.3 is 10.2 Å². The second kappa shape index (κ2) is 14.2. The average molecular weight is 486 g/mol. The van der Waals surface area contributed by atoms with Crippen molar-refractivity contribution < 1.29 is 22.9 Å². The number of amides is 1. The zero-order valence-corrected chi connectivity index (χ0v) is 20.2. The molecule has 1 aliphatic carbocycles. The molecule has 0 spiro atoms. The van der Waals surface area contributed by atoms with Crippen LogP contribution in [0.25, 0.3) is 0 Å². The van der Waals surface area contributed by atoms with Crippen LogP contribution >= 0.6 is 0 Å². The summed E-state index contributed by atoms with van der Waals surface area (Å²) in [6.45, 7) is 0.526. The largest absolute Gasteiger partial charge is 0.423 e. The lowest BCUT2D eigenvalue weighted by Gasteiger charge is -2.24. The summed E-state index contributed by atoms with van der Waals surface area (Å²) in [4.78, 5) is 24.0. The lowest BCUT2D eigenvalue weighted by molar-refractivity contribution is -0.388. The van der Waals surface area contributed by atoms with Crippen LogP contribution in [0.3, 0.4) is 0 Å². The maximum Gasteiger partial charge on any atom is 0.423 e. The molecule has 192 valence electrons. The van der Waals surface area contributed by atoms with E-state index in [9.17, 15) is 28.1 Å². The number of nitro benzene ring substituents is 1. The highest BCUT2D eigenvalue weighted by Gasteiger charge is 2.38. The van der Waals surface area contributed by atoms with Gasteiger partial charge in [-0.15, -0.1) is 0 Å². The van der Waals surface area contributed by atoms with Gasteiger partial charge in [-0.1, -0.05) is 57.8 Å². The van der Waals surface area contributed by atoms with Gasteiger partial charge in [0, 0.05) is 37.8 Å². The summed E-state index contributed by atoms with van der Waals surface area (Å²) in [6.07, 6.45) is 10.2. The minimum absolute atomic E-state index is 0.242. The Hall–Kier alpha value is -2.32. The predicted octanol–water partition coefficient (Wildman–Crippen LogP) is 7.33. The third kappa shape index (κ3) is 9.50. The van der Waals surface area contributed by atoms with Gasteiger partial charge >= 0.3 is 6.18 Å². The van der Waals surface area contributed by atoms with Crippen LogP contribution in [-0.2, 0) is 11.0 Å². The standard InChI is InChI=1S/C25H38F3N3O3/c1-30(21-13-10-11-14-21)24(32)15-9-7-5-3-2-4-6-8-12-18-29-20-16-17-23(31(33)34)22(19-20)25(26,27)28/h16-17,19,21,29H,2-15,18H2,1H3. The molecule has 1 aliphatic rings. The van der Waals surface area contributed by atoms with E-state index in [0.717, 1.165) is 82.8 Å². The summed E-state index contributed by atoms with van der Waals surface area (Å²) in [6, 6.07) is 3.47. The van der Waals surface area contributed by atoms with Crippen LogP contribution in [0.2, 0.25) is 0 Å². The van der Waals surface area contributed by atoms with Crippen molar-refractivity contribution in [3.05, 3.63) is 33.9 Å². The number of alkyl halides is 3. The summed E-state index contributed by atoms with van der Waals surface area (Å²) < 4.78 is 39.1. The van der Waals surface area contributed by atoms with Crippen molar-refractivity contribution in [2.45, 2.75) is 102 Å². The molecule has 0 heterocycles. The Bertz CT molecular complexity index is 780. The average Bonchev–Trinajstić information content (AvgIpc) is 3.33. The maximum absolute atomic E-state index is 13.0. The number of halogens is 3. The van der Waals surface area contributed by atoms with Gasteiger partial charge in [0.15, 0.2) is 0 Å². The van der Waals surface area contributed by atoms with E-state index >= 15 is 0 Å². The van der Waals surface area contributed by atoms with Gasteiger partial charge in [-0.05, 0) is 37.8 Å². The number of nitrogens with zero attached hydrogens (tertiary/aromatic N) is 2. The van der Waals surface area contributed by atoms with E-state index in [0.29, 0.717) is 19.0 Å². The third-order valence-corrected chi connectivity index (χ3v) is 6.66. The van der Waals surface area contributed by atoms with E-state index in [2.05, 4.69) is 5.32 Å². The molecule has 6 nitrogen and oxygen atoms in total. The number of nitro groups is 1. The predicted molar refractivity (Wildman–Crippen MR) is 128 cm³/mol. The van der Waals surface area contributed by atoms with Gasteiger partial charge in [-0.2, -0.15) is 13.2 Å². The molecule has 0 aliphatic heterocycles. The Morgan fingerprint density at radius 1 is 1.03 bits per heavy atom. The van der Waals surface area contributed by atoms with Gasteiger partial charge in [-0.3, -0.25) is 14.9 Å². The molecule has 1 fully saturated rings. The molecule has 1 amide bonds. The Morgan fingerprint density at radius 3 is 2.15 bits per heavy atom. The maximum atomic E-state index is 13.0. The van der Waals surface area contributed by atoms with Crippen LogP contribution < -0.4 is 5.32 Å². The van der Waals surface area contributed by atoms with Gasteiger partial charge in [0.2, 0.25) is 5.91 Å². The highest BCUT2D eigenvalue weighted by Crippen LogP contribution is 2.37. The Labute approximate surface area is 200 Å². The molecule has 0 radical (unpaired) electrons. The van der Waals surface area contributed by atoms with Crippen molar-refractivity contribution in [3.8, 4) is 0 Å². The molecule has 1 aromatic carbocycles. The van der Waals surface area contributed by atoms with Crippen molar-refractivity contribution >= 4 is 17.3 Å². The summed E-state index contributed by atoms with van der Waals surface area (Å²) in [5, 5.41) is 13.7. The summed E-state index contributed by atoms with van der Waals surface area (Å²) in [5.74, 6) is 0.281. The quantitative estimate of drug-likeness (QED) is 0.160. The van der Waals surface area contributed by atoms with Crippen LogP contribution in [0.4, 0.5) is 24.5 Å². The fraction of sp³-hybridized carbons (Fsp3) is 0.720. The lowest BCUT2D eigenvalue weighted by Crippen LogP contribution is -2.34. The first-order chi connectivity index (χ1) is 16.2. The van der Waals surface area contributed by atoms with Crippen LogP contribution in [0, 0.1) is 10.1 Å². The number of nitrogens with one attached hydrogen (secondary N) is 1. The lowest BCUT2D eigenvalue weighted by atomic mass is 10.1. The van der Waals surface area contributed by atoms with Gasteiger partial charge in [0.05, 0.1) is 4.92 Å². The van der Waals surface area contributed by atoms with Crippen molar-refractivity contribution in [2.24, 2.45) is 0 Å². The van der Waals surface area contributed by atoms with Crippen LogP contribution in [-0.4, -0.2) is 35.4 Å². The summed E-state index contributed by atoms with van der Waals surface area (Å²) in [5.41, 5.74) is -1.92. The molecule has 0 unspecified atom stereocenters. The SMILES string of the molecule is CN(C(=O)CCCCCCCCCCCNc1ccc([N+](=O)[O-])c(C(F)(F)F)c1)C1CCCC1. The molecule has 1 N–H and O–H groups in total. The second-order valence-corrected chi connectivity index (χ2v) is 9.29. The highest BCUT2D eigenvalue weighted by molar-refractivity contribution is 5.76. The molecule has 9 heteroatoms. The Morgan fingerprint density at radius 2 is 1.59 bits per heavy atom. The number of hydrogen-bond acceptors (Lipinski definition) is 4. The molecule has 0 atom stereocenters. The zero-order valence-electron chi connectivity index (χ0n) is 20.2. The van der Waals surface area contributed by atoms with Gasteiger partial charge in [0.1, 0.15) is 5.56 Å². The van der Waals surface area contributed by atoms with E-state index < -0.39 is 22.4 Å². The monoisotopic (exact) mass is 485 g/mol. The number of benzene rings is 1. The number of hydrogen-bond donors (Lipinski definition) is 1. The Balaban J connectivity index is 1.48. The van der Waals surface area contributed by atoms with Crippen LogP contribution in [0.15, 0.2) is 18.2 Å². The molecule has 0 aromatic heterocycles. The fourth-order valence-electron chi connectivity index (χ4n) is 4.58. The van der Waals surface area contributed by atoms with Gasteiger partial charge in [-0.25, -0.2) is 0 Å². The molecular weight excluding hydrogens is 447 g/mol. The number of carbonyl (C=O) groups is 1. The number of unbranched alkanes of at least 4 members (excludes halogenated alkanes) is 8. The minimum atomic E-state index is -4.76. The normalized spacial score (nSPS) is 14.4. The first kappa shape index (κ1) is 27.9. The topological polar surface area (TPSA) is 75.5 Å². The first-order valence-electron chi connectivity index (χ1n) is 12.6. The minimum Gasteiger partial charge on any atom is -0.385 e. The van der Waals surface area contributed by atoms with Crippen molar-refractivity contribution in [1.82, 2.24) is 4.90 Å². The van der Waals surface area contributed by atoms with E-state index in [-0.39, 0.29) is 11.6 Å². The van der Waals surface area contributed by atoms with Crippen molar-refractivity contribution in [3.63, 3.8) is 0 Å². The molecule has 1 saturated carbocycles. The van der Waals surface area contributed by atoms with E-state index in [1.54, 1.807) is 0 Å². The number of anilines is 1. The third-order valence-electron chi connectivity index (χ3n) is 6.66. The summed E-state index contributed by atoms with van der Waals surface area (Å²) >= 11 is 0. The van der Waals surface area contributed by atoms with Gasteiger partial charge in [0.25, 0.3) is 5.69 Å². The van der Waals surface area contributed by atoms with E-state index in [1.807, 2.05) is 11.9 Å². The zero-order chi connectivity index (χ0) is 25.0. The highest BCUT2D eigenvalue weighted by atomic mass is 19.4. The molecule has 34 heavy (non-hydrogen) atoms. The fourth-order valence-corrected chi connectivity index (χ4v) is 4.58. The van der Waals surface area contributed by atoms with Crippen LogP contribution in [0.1, 0.15) is 95.5 Å². The molecule has 0 bridgehead atoms. The van der Waals surface area contributed by atoms with E-state index in [1.165, 1.54) is 18.9 Å². The molecular formula is C25H38F3N3O3. The first-order valence-corrected chi connectivity index (χ1v) is 12.6. The van der Waals surface area contributed by atoms with E-state index in [4.69, 9.17) is 0 Å². The second-order valence-electron chi connectivity index (χ2n) is 9.29. The molecule has 0 saturated heterocycles. The van der Waals surface area contributed by atoms with Crippen LogP contribution in [0.5, 0.6) is 0 Å². The molecule has 1 aromatic rings. The Kier molecular flexibility index (Phi) is 11.6. The van der Waals surface area contributed by atoms with Crippen molar-refractivity contribution in [1.29, 1.82) is 0 Å². The summed E-state index contributed by atoms with van der Waals surface area (Å²) in [7, 11) is 1.94. The smallest absolute Gasteiger partial charge is 0.385 e. The number of rotatable bonds is 15.